The first-order chi connectivity index (χ1) is 14.3. The molecule has 9 nitrogen and oxygen atoms in total. The molecule has 4 rings (SSSR count). The lowest BCUT2D eigenvalue weighted by atomic mass is 9.78. The lowest BCUT2D eigenvalue weighted by Gasteiger charge is -2.36. The van der Waals surface area contributed by atoms with Crippen LogP contribution in [0.5, 0.6) is 0 Å². The number of barbiturate groups is 1. The van der Waals surface area contributed by atoms with E-state index in [4.69, 9.17) is 0 Å². The number of benzene rings is 2. The molecule has 4 amide bonds. The number of aromatic nitrogens is 1. The third kappa shape index (κ3) is 2.91. The standard InChI is InChI=1S/C21H18N4O5/c1-23-19(26)18(20(27)24(2)21(23)28)17(12-7-9-13(10-8-12)25(29)30)15-11-22-16-6-4-3-5-14(15)16/h3-11,17-18,22H,1-2H3. The van der Waals surface area contributed by atoms with Crippen LogP contribution in [0, 0.1) is 16.0 Å². The summed E-state index contributed by atoms with van der Waals surface area (Å²) in [6.07, 6.45) is 1.73. The Labute approximate surface area is 171 Å². The zero-order valence-electron chi connectivity index (χ0n) is 16.2. The highest BCUT2D eigenvalue weighted by molar-refractivity contribution is 6.16. The summed E-state index contributed by atoms with van der Waals surface area (Å²) in [5.74, 6) is -3.15. The molecule has 3 aromatic rings. The summed E-state index contributed by atoms with van der Waals surface area (Å²) in [5, 5.41) is 11.9. The van der Waals surface area contributed by atoms with Gasteiger partial charge in [-0.15, -0.1) is 0 Å². The van der Waals surface area contributed by atoms with Gasteiger partial charge >= 0.3 is 6.03 Å². The largest absolute Gasteiger partial charge is 0.361 e. The van der Waals surface area contributed by atoms with E-state index in [9.17, 15) is 24.5 Å². The molecule has 0 bridgehead atoms. The van der Waals surface area contributed by atoms with Gasteiger partial charge in [0, 0.05) is 49.2 Å². The fourth-order valence-electron chi connectivity index (χ4n) is 3.93. The summed E-state index contributed by atoms with van der Waals surface area (Å²) < 4.78 is 0. The summed E-state index contributed by atoms with van der Waals surface area (Å²) in [7, 11) is 2.67. The maximum Gasteiger partial charge on any atom is 0.332 e. The molecule has 0 radical (unpaired) electrons. The van der Waals surface area contributed by atoms with E-state index in [0.717, 1.165) is 20.7 Å². The van der Waals surface area contributed by atoms with E-state index in [1.165, 1.54) is 26.2 Å². The minimum atomic E-state index is -1.18. The number of nitrogens with one attached hydrogen (secondary N) is 1. The monoisotopic (exact) mass is 406 g/mol. The molecular formula is C21H18N4O5. The van der Waals surface area contributed by atoms with Crippen LogP contribution >= 0.6 is 0 Å². The number of fused-ring (bicyclic) bond motifs is 1. The SMILES string of the molecule is CN1C(=O)C(C(c2ccc([N+](=O)[O-])cc2)c2c[nH]c3ccccc23)C(=O)N(C)C1=O. The number of nitro groups is 1. The summed E-state index contributed by atoms with van der Waals surface area (Å²) >= 11 is 0. The van der Waals surface area contributed by atoms with Gasteiger partial charge in [0.2, 0.25) is 11.8 Å². The van der Waals surface area contributed by atoms with Crippen molar-refractivity contribution in [3.8, 4) is 0 Å². The van der Waals surface area contributed by atoms with Crippen LogP contribution in [0.15, 0.2) is 54.7 Å². The van der Waals surface area contributed by atoms with Crippen LogP contribution in [-0.4, -0.2) is 51.6 Å². The average Bonchev–Trinajstić information content (AvgIpc) is 3.18. The number of imide groups is 2. The lowest BCUT2D eigenvalue weighted by molar-refractivity contribution is -0.384. The number of nitro benzene ring substituents is 1. The minimum Gasteiger partial charge on any atom is -0.361 e. The first-order valence-corrected chi connectivity index (χ1v) is 9.20. The van der Waals surface area contributed by atoms with Gasteiger partial charge in [-0.25, -0.2) is 4.79 Å². The van der Waals surface area contributed by atoms with Gasteiger partial charge in [0.1, 0.15) is 5.92 Å². The third-order valence-electron chi connectivity index (χ3n) is 5.52. The van der Waals surface area contributed by atoms with Crippen LogP contribution in [0.3, 0.4) is 0 Å². The van der Waals surface area contributed by atoms with Crippen LogP contribution in [0.4, 0.5) is 10.5 Å². The molecule has 0 saturated carbocycles. The normalized spacial score (nSPS) is 16.4. The first kappa shape index (κ1) is 19.3. The molecule has 2 heterocycles. The second-order valence-electron chi connectivity index (χ2n) is 7.17. The number of hydrogen-bond acceptors (Lipinski definition) is 5. The minimum absolute atomic E-state index is 0.0952. The molecule has 2 aromatic carbocycles. The highest BCUT2D eigenvalue weighted by Gasteiger charge is 2.48. The van der Waals surface area contributed by atoms with Crippen LogP contribution in [0.1, 0.15) is 17.0 Å². The van der Waals surface area contributed by atoms with Crippen molar-refractivity contribution in [1.82, 2.24) is 14.8 Å². The highest BCUT2D eigenvalue weighted by Crippen LogP contribution is 2.40. The van der Waals surface area contributed by atoms with Gasteiger partial charge in [-0.2, -0.15) is 0 Å². The Kier molecular flexibility index (Phi) is 4.57. The van der Waals surface area contributed by atoms with Gasteiger partial charge in [-0.1, -0.05) is 30.3 Å². The van der Waals surface area contributed by atoms with Gasteiger partial charge in [0.05, 0.1) is 4.92 Å². The average molecular weight is 406 g/mol. The molecule has 9 heteroatoms. The number of hydrogen-bond donors (Lipinski definition) is 1. The number of rotatable bonds is 4. The number of non-ortho nitro benzene ring substituents is 1. The Hall–Kier alpha value is -4.01. The van der Waals surface area contributed by atoms with E-state index in [0.29, 0.717) is 11.1 Å². The lowest BCUT2D eigenvalue weighted by Crippen LogP contribution is -2.58. The van der Waals surface area contributed by atoms with Crippen molar-refractivity contribution >= 4 is 34.4 Å². The molecule has 1 fully saturated rings. The zero-order chi connectivity index (χ0) is 21.6. The molecule has 0 spiro atoms. The Morgan fingerprint density at radius 2 is 1.57 bits per heavy atom. The van der Waals surface area contributed by atoms with Gasteiger partial charge in [-0.05, 0) is 17.2 Å². The Morgan fingerprint density at radius 1 is 0.967 bits per heavy atom. The summed E-state index contributed by atoms with van der Waals surface area (Å²) in [5.41, 5.74) is 1.99. The quantitative estimate of drug-likeness (QED) is 0.406. The number of urea groups is 1. The molecule has 30 heavy (non-hydrogen) atoms. The Balaban J connectivity index is 1.92. The zero-order valence-corrected chi connectivity index (χ0v) is 16.2. The van der Waals surface area contributed by atoms with Crippen molar-refractivity contribution in [1.29, 1.82) is 0 Å². The van der Waals surface area contributed by atoms with Gasteiger partial charge in [0.15, 0.2) is 0 Å². The molecule has 0 aliphatic carbocycles. The van der Waals surface area contributed by atoms with E-state index >= 15 is 0 Å². The number of aromatic amines is 1. The van der Waals surface area contributed by atoms with E-state index in [2.05, 4.69) is 4.98 Å². The van der Waals surface area contributed by atoms with E-state index in [-0.39, 0.29) is 5.69 Å². The van der Waals surface area contributed by atoms with Gasteiger partial charge in [-0.3, -0.25) is 29.5 Å². The maximum atomic E-state index is 13.1. The molecule has 152 valence electrons. The number of carbonyl (C=O) groups is 3. The van der Waals surface area contributed by atoms with Gasteiger partial charge < -0.3 is 4.98 Å². The van der Waals surface area contributed by atoms with Crippen molar-refractivity contribution in [3.05, 3.63) is 76.0 Å². The predicted octanol–water partition coefficient (Wildman–Crippen LogP) is 2.87. The van der Waals surface area contributed by atoms with Crippen LogP contribution < -0.4 is 0 Å². The second-order valence-corrected chi connectivity index (χ2v) is 7.17. The van der Waals surface area contributed by atoms with Crippen LogP contribution in [-0.2, 0) is 9.59 Å². The van der Waals surface area contributed by atoms with E-state index < -0.39 is 34.6 Å². The first-order valence-electron chi connectivity index (χ1n) is 9.20. The molecule has 1 aliphatic heterocycles. The number of carbonyl (C=O) groups excluding carboxylic acids is 3. The Bertz CT molecular complexity index is 1160. The topological polar surface area (TPSA) is 117 Å². The second kappa shape index (κ2) is 7.11. The number of amides is 4. The highest BCUT2D eigenvalue weighted by atomic mass is 16.6. The smallest absolute Gasteiger partial charge is 0.332 e. The molecule has 1 aromatic heterocycles. The number of H-pyrrole nitrogens is 1. The Morgan fingerprint density at radius 3 is 2.17 bits per heavy atom. The third-order valence-corrected chi connectivity index (χ3v) is 5.52. The molecular weight excluding hydrogens is 388 g/mol. The number of para-hydroxylation sites is 1. The van der Waals surface area contributed by atoms with Crippen LogP contribution in [0.2, 0.25) is 0 Å². The van der Waals surface area contributed by atoms with E-state index in [1.807, 2.05) is 24.3 Å². The summed E-state index contributed by atoms with van der Waals surface area (Å²) in [6, 6.07) is 12.5. The number of nitrogens with zero attached hydrogens (tertiary/aromatic N) is 3. The predicted molar refractivity (Wildman–Crippen MR) is 108 cm³/mol. The summed E-state index contributed by atoms with van der Waals surface area (Å²) in [4.78, 5) is 53.8. The maximum absolute atomic E-state index is 13.1. The fraction of sp³-hybridized carbons (Fsp3) is 0.190. The van der Waals surface area contributed by atoms with Crippen molar-refractivity contribution in [2.24, 2.45) is 5.92 Å². The fourth-order valence-corrected chi connectivity index (χ4v) is 3.93. The molecule has 1 N–H and O–H groups in total. The molecule has 1 atom stereocenters. The van der Waals surface area contributed by atoms with Crippen molar-refractivity contribution in [2.75, 3.05) is 14.1 Å². The van der Waals surface area contributed by atoms with Crippen molar-refractivity contribution < 1.29 is 19.3 Å². The van der Waals surface area contributed by atoms with Crippen LogP contribution in [0.25, 0.3) is 10.9 Å². The molecule has 1 unspecified atom stereocenters. The molecule has 1 saturated heterocycles. The molecule has 1 aliphatic rings. The van der Waals surface area contributed by atoms with Crippen molar-refractivity contribution in [2.45, 2.75) is 5.92 Å². The van der Waals surface area contributed by atoms with Crippen molar-refractivity contribution in [3.63, 3.8) is 0 Å². The van der Waals surface area contributed by atoms with E-state index in [1.54, 1.807) is 18.3 Å². The van der Waals surface area contributed by atoms with Gasteiger partial charge in [0.25, 0.3) is 5.69 Å². The summed E-state index contributed by atoms with van der Waals surface area (Å²) in [6.45, 7) is 0.